The minimum Gasteiger partial charge on any atom is -0.208 e. The van der Waals surface area contributed by atoms with Crippen LogP contribution in [0, 0.1) is 0 Å². The number of aromatic nitrogens is 6. The fraction of sp³-hybridized carbons (Fsp3) is 0. The van der Waals surface area contributed by atoms with E-state index in [1.165, 1.54) is 57.9 Å². The van der Waals surface area contributed by atoms with Crippen molar-refractivity contribution in [3.05, 3.63) is 328 Å². The second kappa shape index (κ2) is 23.8. The minimum absolute atomic E-state index is 0.612. The summed E-state index contributed by atoms with van der Waals surface area (Å²) in [7, 11) is 0. The maximum Gasteiger partial charge on any atom is 0.165 e. The van der Waals surface area contributed by atoms with E-state index in [-0.39, 0.29) is 0 Å². The first-order valence-electron chi connectivity index (χ1n) is 32.9. The van der Waals surface area contributed by atoms with E-state index in [9.17, 15) is 0 Å². The predicted octanol–water partition coefficient (Wildman–Crippen LogP) is 24.6. The first kappa shape index (κ1) is 57.0. The Morgan fingerprint density at radius 1 is 0.163 bits per heavy atom. The maximum absolute atomic E-state index is 5.37. The van der Waals surface area contributed by atoms with Crippen LogP contribution in [-0.4, -0.2) is 29.9 Å². The Hall–Kier alpha value is -12.5. The zero-order valence-electron chi connectivity index (χ0n) is 52.7. The molecule has 456 valence electrons. The van der Waals surface area contributed by atoms with Crippen molar-refractivity contribution >= 4 is 95.3 Å². The van der Waals surface area contributed by atoms with Crippen molar-refractivity contribution in [2.24, 2.45) is 0 Å². The summed E-state index contributed by atoms with van der Waals surface area (Å²) in [6.45, 7) is 0. The molecule has 15 aromatic carbocycles. The van der Waals surface area contributed by atoms with Gasteiger partial charge >= 0.3 is 0 Å². The van der Waals surface area contributed by atoms with E-state index in [0.717, 1.165) is 104 Å². The Morgan fingerprint density at radius 3 is 1.07 bits per heavy atom. The van der Waals surface area contributed by atoms with Gasteiger partial charge < -0.3 is 0 Å². The third-order valence-corrected chi connectivity index (χ3v) is 21.5. The van der Waals surface area contributed by atoms with Gasteiger partial charge in [-0.15, -0.1) is 22.7 Å². The van der Waals surface area contributed by atoms with Gasteiger partial charge in [-0.1, -0.05) is 279 Å². The van der Waals surface area contributed by atoms with Crippen LogP contribution in [0.25, 0.3) is 197 Å². The molecular formula is C90H54N6S2. The monoisotopic (exact) mass is 1280 g/mol. The highest BCUT2D eigenvalue weighted by molar-refractivity contribution is 7.26. The summed E-state index contributed by atoms with van der Waals surface area (Å²) in [6.07, 6.45) is 0. The highest BCUT2D eigenvalue weighted by Crippen LogP contribution is 2.45. The first-order valence-corrected chi connectivity index (χ1v) is 34.5. The van der Waals surface area contributed by atoms with Crippen molar-refractivity contribution in [1.82, 2.24) is 29.9 Å². The fourth-order valence-corrected chi connectivity index (χ4v) is 16.5. The summed E-state index contributed by atoms with van der Waals surface area (Å²) in [5.41, 5.74) is 16.9. The summed E-state index contributed by atoms with van der Waals surface area (Å²) in [4.78, 5) is 31.9. The second-order valence-electron chi connectivity index (χ2n) is 24.9. The molecule has 0 fully saturated rings. The number of fused-ring (bicyclic) bond motifs is 9. The molecule has 0 bridgehead atoms. The van der Waals surface area contributed by atoms with Crippen LogP contribution in [0.2, 0.25) is 0 Å². The van der Waals surface area contributed by atoms with E-state index in [4.69, 9.17) is 29.9 Å². The van der Waals surface area contributed by atoms with E-state index in [0.29, 0.717) is 34.9 Å². The lowest BCUT2D eigenvalue weighted by Gasteiger charge is -2.12. The molecule has 0 atom stereocenters. The molecule has 4 aromatic heterocycles. The van der Waals surface area contributed by atoms with Crippen LogP contribution in [0.1, 0.15) is 0 Å². The molecule has 8 heteroatoms. The molecule has 0 radical (unpaired) electrons. The second-order valence-corrected chi connectivity index (χ2v) is 27.0. The van der Waals surface area contributed by atoms with Crippen LogP contribution >= 0.6 is 22.7 Å². The topological polar surface area (TPSA) is 77.3 Å². The van der Waals surface area contributed by atoms with Gasteiger partial charge in [0, 0.05) is 73.7 Å². The number of hydrogen-bond acceptors (Lipinski definition) is 8. The summed E-state index contributed by atoms with van der Waals surface area (Å²) < 4.78 is 4.70. The van der Waals surface area contributed by atoms with Gasteiger partial charge in [0.25, 0.3) is 0 Å². The van der Waals surface area contributed by atoms with Crippen molar-refractivity contribution in [1.29, 1.82) is 0 Å². The quantitative estimate of drug-likeness (QED) is 0.128. The standard InChI is InChI=1S/C90H54N6S2/c1-2-17-55(18-3-1)56-39-44-61(45-40-56)85-91-87(67-26-10-24-65(51-67)72-32-12-21-57-19-4-6-28-69(57)72)96-90(93-85)78-37-16-35-76-80-54-64(49-50-82(80)98-84(76)78)63-48-43-59-23-14-31-71(79(59)53-63)60-41-46-62(47-42-60)86-92-88(68-27-11-25-66(52-68)73-33-13-22-58-20-5-7-29-70(58)73)95-89(94-86)77-36-15-34-75-74-30-8-9-38-81(74)97-83(75)77/h1-54H. The van der Waals surface area contributed by atoms with Gasteiger partial charge in [-0.2, -0.15) is 0 Å². The van der Waals surface area contributed by atoms with Gasteiger partial charge in [0.2, 0.25) is 0 Å². The van der Waals surface area contributed by atoms with Gasteiger partial charge in [0.1, 0.15) is 0 Å². The number of nitrogens with zero attached hydrogens (tertiary/aromatic N) is 6. The summed E-state index contributed by atoms with van der Waals surface area (Å²) in [5.74, 6) is 3.73. The van der Waals surface area contributed by atoms with Crippen molar-refractivity contribution in [3.8, 4) is 124 Å². The molecule has 0 aliphatic heterocycles. The normalized spacial score (nSPS) is 11.7. The van der Waals surface area contributed by atoms with Crippen LogP contribution in [0.15, 0.2) is 328 Å². The molecule has 19 aromatic rings. The average molecular weight is 1280 g/mol. The van der Waals surface area contributed by atoms with Crippen LogP contribution in [0.5, 0.6) is 0 Å². The van der Waals surface area contributed by atoms with Crippen LogP contribution in [0.4, 0.5) is 0 Å². The van der Waals surface area contributed by atoms with Crippen LogP contribution < -0.4 is 0 Å². The maximum atomic E-state index is 5.37. The van der Waals surface area contributed by atoms with Gasteiger partial charge in [0.15, 0.2) is 34.9 Å². The summed E-state index contributed by atoms with van der Waals surface area (Å²) in [6, 6.07) is 117. The highest BCUT2D eigenvalue weighted by atomic mass is 32.1. The molecule has 0 unspecified atom stereocenters. The number of rotatable bonds is 11. The summed E-state index contributed by atoms with van der Waals surface area (Å²) in [5, 5.41) is 11.9. The number of thiophene rings is 2. The number of hydrogen-bond donors (Lipinski definition) is 0. The molecule has 6 nitrogen and oxygen atoms in total. The van der Waals surface area contributed by atoms with Gasteiger partial charge in [-0.25, -0.2) is 29.9 Å². The molecule has 0 N–H and O–H groups in total. The molecule has 98 heavy (non-hydrogen) atoms. The largest absolute Gasteiger partial charge is 0.208 e. The molecule has 0 saturated heterocycles. The third kappa shape index (κ3) is 10.2. The zero-order valence-corrected chi connectivity index (χ0v) is 54.3. The molecule has 19 rings (SSSR count). The Balaban J connectivity index is 0.679. The molecule has 0 spiro atoms. The number of benzene rings is 15. The SMILES string of the molecule is c1ccc(-c2ccc(-c3nc(-c4cccc(-c5cccc6ccccc56)c4)nc(-c4cccc5c4sc4ccc(-c6ccc7cccc(-c8ccc(-c9nc(-c%10cccc(-c%11cccc%12ccccc%11%12)c%10)nc(-c%10cccc%11c%10sc%10ccccc%10%11)n9)cc8)c7c6)cc45)n3)cc2)cc1. The van der Waals surface area contributed by atoms with E-state index in [1.807, 2.05) is 6.07 Å². The van der Waals surface area contributed by atoms with E-state index in [1.54, 1.807) is 22.7 Å². The lowest BCUT2D eigenvalue weighted by molar-refractivity contribution is 1.08. The smallest absolute Gasteiger partial charge is 0.165 e. The summed E-state index contributed by atoms with van der Waals surface area (Å²) >= 11 is 3.56. The van der Waals surface area contributed by atoms with Crippen LogP contribution in [0.3, 0.4) is 0 Å². The van der Waals surface area contributed by atoms with Gasteiger partial charge in [-0.3, -0.25) is 0 Å². The van der Waals surface area contributed by atoms with Crippen molar-refractivity contribution in [2.45, 2.75) is 0 Å². The lowest BCUT2D eigenvalue weighted by atomic mass is 9.94. The molecule has 0 saturated carbocycles. The van der Waals surface area contributed by atoms with E-state index < -0.39 is 0 Å². The van der Waals surface area contributed by atoms with E-state index in [2.05, 4.69) is 322 Å². The fourth-order valence-electron chi connectivity index (χ4n) is 14.1. The van der Waals surface area contributed by atoms with Crippen molar-refractivity contribution < 1.29 is 0 Å². The Labute approximate surface area is 572 Å². The van der Waals surface area contributed by atoms with Gasteiger partial charge in [-0.05, 0) is 136 Å². The van der Waals surface area contributed by atoms with Crippen molar-refractivity contribution in [3.63, 3.8) is 0 Å². The molecule has 0 amide bonds. The van der Waals surface area contributed by atoms with Crippen molar-refractivity contribution in [2.75, 3.05) is 0 Å². The molecule has 0 aliphatic carbocycles. The highest BCUT2D eigenvalue weighted by Gasteiger charge is 2.21. The molecule has 4 heterocycles. The zero-order chi connectivity index (χ0) is 64.6. The molecule has 0 aliphatic rings. The Morgan fingerprint density at radius 2 is 0.500 bits per heavy atom. The lowest BCUT2D eigenvalue weighted by Crippen LogP contribution is -2.00. The van der Waals surface area contributed by atoms with Gasteiger partial charge in [0.05, 0.1) is 0 Å². The molecular weight excluding hydrogens is 1230 g/mol. The van der Waals surface area contributed by atoms with Crippen LogP contribution in [-0.2, 0) is 0 Å². The third-order valence-electron chi connectivity index (χ3n) is 19.0. The predicted molar refractivity (Wildman–Crippen MR) is 411 cm³/mol. The Bertz CT molecular complexity index is 6360. The van der Waals surface area contributed by atoms with E-state index >= 15 is 0 Å². The minimum atomic E-state index is 0.612. The first-order chi connectivity index (χ1) is 48.5. The average Bonchev–Trinajstić information content (AvgIpc) is 1.53. The Kier molecular flexibility index (Phi) is 13.8.